The highest BCUT2D eigenvalue weighted by molar-refractivity contribution is 5.85. The van der Waals surface area contributed by atoms with Gasteiger partial charge in [0.1, 0.15) is 5.52 Å². The molecule has 0 atom stereocenters. The molecule has 0 aliphatic carbocycles. The zero-order chi connectivity index (χ0) is 10.8. The van der Waals surface area contributed by atoms with Crippen molar-refractivity contribution in [2.75, 3.05) is 14.1 Å². The second kappa shape index (κ2) is 6.32. The normalized spacial score (nSPS) is 10.0. The van der Waals surface area contributed by atoms with Gasteiger partial charge in [-0.25, -0.2) is 9.98 Å². The minimum atomic E-state index is 0. The zero-order valence-electron chi connectivity index (χ0n) is 9.44. The summed E-state index contributed by atoms with van der Waals surface area (Å²) in [5.41, 5.74) is 1.41. The number of nitrogens with zero attached hydrogens (tertiary/aromatic N) is 4. The summed E-state index contributed by atoms with van der Waals surface area (Å²) in [6.45, 7) is 0. The van der Waals surface area contributed by atoms with Crippen LogP contribution in [0.25, 0.3) is 11.0 Å². The number of pyridine rings is 1. The highest BCUT2D eigenvalue weighted by Crippen LogP contribution is 2.16. The summed E-state index contributed by atoms with van der Waals surface area (Å²) in [5.74, 6) is 0.627. The highest BCUT2D eigenvalue weighted by Gasteiger charge is 2.01. The van der Waals surface area contributed by atoms with E-state index in [2.05, 4.69) is 9.98 Å². The quantitative estimate of drug-likeness (QED) is 0.520. The molecule has 0 radical (unpaired) electrons. The average Bonchev–Trinajstić information content (AvgIpc) is 2.57. The van der Waals surface area contributed by atoms with Crippen LogP contribution in [0.1, 0.15) is 0 Å². The predicted octanol–water partition coefficient (Wildman–Crippen LogP) is 2.34. The maximum absolute atomic E-state index is 9.35. The molecule has 17 heavy (non-hydrogen) atoms. The Morgan fingerprint density at radius 3 is 2.65 bits per heavy atom. The molecule has 0 amide bonds. The van der Waals surface area contributed by atoms with Crippen LogP contribution in [0.5, 0.6) is 0 Å². The Morgan fingerprint density at radius 2 is 2.00 bits per heavy atom. The molecule has 0 bridgehead atoms. The van der Waals surface area contributed by atoms with E-state index < -0.39 is 0 Å². The first-order valence-electron chi connectivity index (χ1n) is 4.55. The first-order chi connectivity index (χ1) is 7.16. The molecule has 5 nitrogen and oxygen atoms in total. The number of halogens is 2. The predicted molar refractivity (Wildman–Crippen MR) is 73.3 cm³/mol. The van der Waals surface area contributed by atoms with Crippen molar-refractivity contribution in [3.8, 4) is 0 Å². The van der Waals surface area contributed by atoms with Crippen LogP contribution in [0, 0.1) is 0 Å². The third kappa shape index (κ3) is 3.51. The summed E-state index contributed by atoms with van der Waals surface area (Å²) in [4.78, 5) is 10.3. The van der Waals surface area contributed by atoms with E-state index >= 15 is 0 Å². The third-order valence-electron chi connectivity index (χ3n) is 1.93. The number of hydrogen-bond acceptors (Lipinski definition) is 3. The topological polar surface area (TPSA) is 53.7 Å². The van der Waals surface area contributed by atoms with Gasteiger partial charge in [0.2, 0.25) is 0 Å². The maximum Gasteiger partial charge on any atom is 0.154 e. The Morgan fingerprint density at radius 1 is 1.29 bits per heavy atom. The molecule has 0 fully saturated rings. The van der Waals surface area contributed by atoms with E-state index in [4.69, 9.17) is 0 Å². The number of aliphatic imine (C=N–C) groups is 1. The molecule has 0 aliphatic rings. The first kappa shape index (κ1) is 15.5. The first-order valence-corrected chi connectivity index (χ1v) is 4.55. The summed E-state index contributed by atoms with van der Waals surface area (Å²) in [6, 6.07) is 5.28. The van der Waals surface area contributed by atoms with E-state index in [1.54, 1.807) is 30.7 Å². The van der Waals surface area contributed by atoms with E-state index in [-0.39, 0.29) is 24.8 Å². The molecule has 0 aromatic carbocycles. The molecule has 7 heteroatoms. The second-order valence-electron chi connectivity index (χ2n) is 3.44. The number of fused-ring (bicyclic) bond motifs is 1. The van der Waals surface area contributed by atoms with Crippen molar-refractivity contribution in [3.63, 3.8) is 0 Å². The lowest BCUT2D eigenvalue weighted by molar-refractivity contribution is 0.200. The summed E-state index contributed by atoms with van der Waals surface area (Å²) >= 11 is 0. The van der Waals surface area contributed by atoms with Crippen LogP contribution in [0.2, 0.25) is 0 Å². The van der Waals surface area contributed by atoms with E-state index in [1.165, 1.54) is 0 Å². The minimum absolute atomic E-state index is 0. The van der Waals surface area contributed by atoms with Crippen LogP contribution in [0.4, 0.5) is 5.82 Å². The second-order valence-corrected chi connectivity index (χ2v) is 3.44. The maximum atomic E-state index is 9.35. The summed E-state index contributed by atoms with van der Waals surface area (Å²) in [7, 11) is 3.79. The van der Waals surface area contributed by atoms with Crippen molar-refractivity contribution in [3.05, 3.63) is 24.4 Å². The lowest BCUT2D eigenvalue weighted by Gasteiger charge is -2.01. The molecule has 94 valence electrons. The fraction of sp³-hybridized carbons (Fsp3) is 0.200. The third-order valence-corrected chi connectivity index (χ3v) is 1.93. The van der Waals surface area contributed by atoms with Gasteiger partial charge >= 0.3 is 0 Å². The van der Waals surface area contributed by atoms with Crippen LogP contribution in [0.3, 0.4) is 0 Å². The molecule has 2 aromatic heterocycles. The molecule has 0 spiro atoms. The van der Waals surface area contributed by atoms with Crippen molar-refractivity contribution in [2.24, 2.45) is 4.99 Å². The number of hydrogen-bond donors (Lipinski definition) is 1. The fourth-order valence-corrected chi connectivity index (χ4v) is 1.24. The summed E-state index contributed by atoms with van der Waals surface area (Å²) < 4.78 is 1.04. The van der Waals surface area contributed by atoms with Gasteiger partial charge in [-0.15, -0.1) is 24.8 Å². The molecule has 1 N–H and O–H groups in total. The summed E-state index contributed by atoms with van der Waals surface area (Å²) in [6.07, 6.45) is 3.24. The van der Waals surface area contributed by atoms with E-state index in [9.17, 15) is 5.21 Å². The highest BCUT2D eigenvalue weighted by atomic mass is 35.5. The van der Waals surface area contributed by atoms with E-state index in [0.29, 0.717) is 11.3 Å². The van der Waals surface area contributed by atoms with Crippen LogP contribution in [-0.4, -0.2) is 40.3 Å². The molecule has 2 rings (SSSR count). The SMILES string of the molecule is CN(C)C=Nc1ccc2c(ccn2O)n1.Cl.Cl. The molecule has 0 unspecified atom stereocenters. The van der Waals surface area contributed by atoms with Gasteiger partial charge in [0.05, 0.1) is 11.9 Å². The van der Waals surface area contributed by atoms with Crippen molar-refractivity contribution < 1.29 is 5.21 Å². The van der Waals surface area contributed by atoms with Gasteiger partial charge in [0, 0.05) is 20.3 Å². The molecule has 2 heterocycles. The molecule has 0 saturated carbocycles. The van der Waals surface area contributed by atoms with Crippen molar-refractivity contribution in [2.45, 2.75) is 0 Å². The smallest absolute Gasteiger partial charge is 0.154 e. The van der Waals surface area contributed by atoms with Gasteiger partial charge in [-0.1, -0.05) is 0 Å². The van der Waals surface area contributed by atoms with Gasteiger partial charge < -0.3 is 10.1 Å². The van der Waals surface area contributed by atoms with Crippen molar-refractivity contribution in [1.82, 2.24) is 14.6 Å². The van der Waals surface area contributed by atoms with Crippen LogP contribution >= 0.6 is 24.8 Å². The lowest BCUT2D eigenvalue weighted by Crippen LogP contribution is -2.07. The average molecular weight is 277 g/mol. The van der Waals surface area contributed by atoms with Gasteiger partial charge in [-0.3, -0.25) is 0 Å². The molecule has 0 aliphatic heterocycles. The van der Waals surface area contributed by atoms with Crippen molar-refractivity contribution in [1.29, 1.82) is 0 Å². The Labute approximate surface area is 112 Å². The minimum Gasteiger partial charge on any atom is -0.428 e. The Kier molecular flexibility index (Phi) is 5.78. The Hall–Kier alpha value is -1.46. The van der Waals surface area contributed by atoms with E-state index in [1.807, 2.05) is 19.0 Å². The lowest BCUT2D eigenvalue weighted by atomic mass is 10.4. The largest absolute Gasteiger partial charge is 0.428 e. The van der Waals surface area contributed by atoms with Gasteiger partial charge in [-0.05, 0) is 18.2 Å². The number of rotatable bonds is 2. The zero-order valence-corrected chi connectivity index (χ0v) is 11.1. The summed E-state index contributed by atoms with van der Waals surface area (Å²) in [5, 5.41) is 9.35. The van der Waals surface area contributed by atoms with Gasteiger partial charge in [0.25, 0.3) is 0 Å². The molecule has 2 aromatic rings. The van der Waals surface area contributed by atoms with Gasteiger partial charge in [0.15, 0.2) is 5.82 Å². The standard InChI is InChI=1S/C10H12N4O.2ClH/c1-13(2)7-11-10-4-3-9-8(12-10)5-6-14(9)15;;/h3-7,15H,1-2H3;2*1H. The van der Waals surface area contributed by atoms with Crippen LogP contribution < -0.4 is 0 Å². The van der Waals surface area contributed by atoms with Crippen molar-refractivity contribution >= 4 is 48.0 Å². The fourth-order valence-electron chi connectivity index (χ4n) is 1.24. The van der Waals surface area contributed by atoms with Crippen LogP contribution in [0.15, 0.2) is 29.4 Å². The Balaban J connectivity index is 0.00000128. The molecule has 0 saturated heterocycles. The van der Waals surface area contributed by atoms with Gasteiger partial charge in [-0.2, -0.15) is 4.73 Å². The number of aromatic nitrogens is 2. The Bertz CT molecular complexity index is 510. The monoisotopic (exact) mass is 276 g/mol. The molecular weight excluding hydrogens is 263 g/mol. The molecular formula is C10H14Cl2N4O. The van der Waals surface area contributed by atoms with E-state index in [0.717, 1.165) is 10.2 Å². The van der Waals surface area contributed by atoms with Crippen LogP contribution in [-0.2, 0) is 0 Å².